The molecule has 0 aromatic heterocycles. The Morgan fingerprint density at radius 1 is 0.625 bits per heavy atom. The van der Waals surface area contributed by atoms with Gasteiger partial charge >= 0.3 is 5.97 Å². The van der Waals surface area contributed by atoms with Gasteiger partial charge in [-0.25, -0.2) is 0 Å². The number of likely N-dealkylation sites (N-methyl/N-ethyl adjacent to an activating group) is 1. The average molecular weight is 920 g/mol. The number of thioether (sulfide) groups is 1. The number of carboxylic acids is 1. The van der Waals surface area contributed by atoms with Gasteiger partial charge in [0.1, 0.15) is 29.8 Å². The highest BCUT2D eigenvalue weighted by Crippen LogP contribution is 2.31. The fourth-order valence-electron chi connectivity index (χ4n) is 8.55. The quantitative estimate of drug-likeness (QED) is 0.0314. The average Bonchev–Trinajstić information content (AvgIpc) is 3.29. The first-order valence-corrected chi connectivity index (χ1v) is 26.4. The Balaban J connectivity index is 2.11. The van der Waals surface area contributed by atoms with Crippen molar-refractivity contribution in [3.8, 4) is 0 Å². The lowest BCUT2D eigenvalue weighted by atomic mass is 9.93. The Morgan fingerprint density at radius 3 is 1.53 bits per heavy atom. The monoisotopic (exact) mass is 920 g/mol. The maximum absolute atomic E-state index is 14.0. The zero-order chi connectivity index (χ0) is 47.0. The lowest BCUT2D eigenvalue weighted by molar-refractivity contribution is -0.192. The Morgan fingerprint density at radius 2 is 1.08 bits per heavy atom. The third-order valence-electron chi connectivity index (χ3n) is 12.7. The van der Waals surface area contributed by atoms with Crippen molar-refractivity contribution in [2.24, 2.45) is 5.92 Å². The molecule has 1 aliphatic heterocycles. The Hall–Kier alpha value is -2.71. The summed E-state index contributed by atoms with van der Waals surface area (Å²) in [6, 6.07) is 3.65. The third-order valence-corrected chi connectivity index (χ3v) is 14.0. The molecule has 64 heavy (non-hydrogen) atoms. The third kappa shape index (κ3) is 24.7. The second-order valence-electron chi connectivity index (χ2n) is 18.4. The van der Waals surface area contributed by atoms with E-state index in [0.29, 0.717) is 18.0 Å². The molecule has 1 saturated heterocycles. The van der Waals surface area contributed by atoms with Crippen molar-refractivity contribution in [2.45, 2.75) is 242 Å². The topological polar surface area (TPSA) is 195 Å². The van der Waals surface area contributed by atoms with E-state index in [4.69, 9.17) is 4.74 Å². The summed E-state index contributed by atoms with van der Waals surface area (Å²) < 4.78 is 5.78. The number of aliphatic hydroxyl groups excluding tert-OH is 3. The van der Waals surface area contributed by atoms with Crippen LogP contribution in [-0.4, -0.2) is 93.6 Å². The summed E-state index contributed by atoms with van der Waals surface area (Å²) in [6.07, 6.45) is 27.9. The number of benzene rings is 1. The summed E-state index contributed by atoms with van der Waals surface area (Å²) in [5.41, 5.74) is 0.0660. The molecule has 12 nitrogen and oxygen atoms in total. The van der Waals surface area contributed by atoms with Crippen LogP contribution in [0, 0.1) is 5.92 Å². The summed E-state index contributed by atoms with van der Waals surface area (Å²) in [5, 5.41) is 48.7. The number of aliphatic hydroxyl groups is 3. The number of unbranched alkanes of at least 4 members (excludes halogenated alkanes) is 22. The smallest absolute Gasteiger partial charge is 0.303 e. The molecule has 7 N–H and O–H groups in total. The molecule has 1 heterocycles. The molecular weight excluding hydrogens is 831 g/mol. The summed E-state index contributed by atoms with van der Waals surface area (Å²) in [6.45, 7) is 6.64. The van der Waals surface area contributed by atoms with Crippen LogP contribution in [0.4, 0.5) is 0 Å². The van der Waals surface area contributed by atoms with Gasteiger partial charge in [-0.15, -0.1) is 11.8 Å². The minimum absolute atomic E-state index is 0.117. The van der Waals surface area contributed by atoms with Crippen molar-refractivity contribution in [3.05, 3.63) is 34.9 Å². The van der Waals surface area contributed by atoms with Crippen molar-refractivity contribution in [1.29, 1.82) is 0 Å². The Bertz CT molecular complexity index is 1410. The Kier molecular flexibility index (Phi) is 31.8. The van der Waals surface area contributed by atoms with Gasteiger partial charge < -0.3 is 41.1 Å². The van der Waals surface area contributed by atoms with E-state index in [2.05, 4.69) is 29.8 Å². The zero-order valence-corrected chi connectivity index (χ0v) is 41.0. The molecule has 0 aliphatic carbocycles. The number of nitrogens with one attached hydrogen (secondary N) is 3. The highest BCUT2D eigenvalue weighted by molar-refractivity contribution is 7.99. The summed E-state index contributed by atoms with van der Waals surface area (Å²) >= 11 is 1.17. The van der Waals surface area contributed by atoms with Crippen LogP contribution in [0.3, 0.4) is 0 Å². The molecule has 368 valence electrons. The molecule has 0 saturated carbocycles. The fourth-order valence-corrected chi connectivity index (χ4v) is 9.69. The van der Waals surface area contributed by atoms with Crippen LogP contribution in [0.15, 0.2) is 18.2 Å². The van der Waals surface area contributed by atoms with Crippen LogP contribution < -0.4 is 16.0 Å². The normalized spacial score (nSPS) is 19.1. The van der Waals surface area contributed by atoms with Crippen LogP contribution in [0.1, 0.15) is 227 Å². The van der Waals surface area contributed by atoms with Gasteiger partial charge in [-0.1, -0.05) is 168 Å². The van der Waals surface area contributed by atoms with E-state index in [1.54, 1.807) is 19.1 Å². The van der Waals surface area contributed by atoms with Crippen molar-refractivity contribution >= 4 is 35.5 Å². The van der Waals surface area contributed by atoms with E-state index in [9.17, 15) is 39.6 Å². The number of carboxylic acid groups (broad SMARTS) is 1. The number of carbonyl (C=O) groups is 4. The van der Waals surface area contributed by atoms with E-state index in [-0.39, 0.29) is 35.6 Å². The minimum Gasteiger partial charge on any atom is -0.481 e. The highest BCUT2D eigenvalue weighted by Gasteiger charge is 2.42. The molecule has 3 amide bonds. The summed E-state index contributed by atoms with van der Waals surface area (Å²) in [5.74, 6) is -2.09. The predicted molar refractivity (Wildman–Crippen MR) is 259 cm³/mol. The summed E-state index contributed by atoms with van der Waals surface area (Å²) in [7, 11) is 1.41. The van der Waals surface area contributed by atoms with E-state index in [1.165, 1.54) is 166 Å². The lowest BCUT2D eigenvalue weighted by Crippen LogP contribution is -2.55. The van der Waals surface area contributed by atoms with E-state index in [1.807, 2.05) is 0 Å². The highest BCUT2D eigenvalue weighted by atomic mass is 32.2. The molecule has 6 unspecified atom stereocenters. The van der Waals surface area contributed by atoms with Crippen LogP contribution in [0.2, 0.25) is 0 Å². The molecule has 13 heteroatoms. The molecule has 1 aromatic carbocycles. The maximum atomic E-state index is 14.0. The second kappa shape index (κ2) is 35.5. The molecule has 0 radical (unpaired) electrons. The van der Waals surface area contributed by atoms with Gasteiger partial charge in [0.15, 0.2) is 0 Å². The first-order chi connectivity index (χ1) is 30.9. The first-order valence-electron chi connectivity index (χ1n) is 25.4. The standard InChI is InChI=1S/C51H89N3O9S/c1-5-7-9-11-13-15-17-19-21-23-25-27-29-39(30-28-26-24-22-20-18-16-14-12-10-8-6-2)36-53-48(60)41-33-40(37-64-51-47(59)46(58)45(57)38(3)63-51)34-42(35-41)49(61)54-43(50(62)52-4)31-32-44(55)56/h33-35,38-39,43,45-47,51,57-59H,5-32,36-37H2,1-4H3,(H,52,62)(H,53,60)(H,54,61)(H,55,56). The van der Waals surface area contributed by atoms with Crippen LogP contribution >= 0.6 is 11.8 Å². The van der Waals surface area contributed by atoms with Gasteiger partial charge in [-0.2, -0.15) is 0 Å². The van der Waals surface area contributed by atoms with Gasteiger partial charge in [-0.05, 0) is 55.9 Å². The van der Waals surface area contributed by atoms with Crippen molar-refractivity contribution in [3.63, 3.8) is 0 Å². The van der Waals surface area contributed by atoms with Crippen LogP contribution in [-0.2, 0) is 20.1 Å². The number of aliphatic carboxylic acids is 1. The van der Waals surface area contributed by atoms with Crippen LogP contribution in [0.5, 0.6) is 0 Å². The maximum Gasteiger partial charge on any atom is 0.303 e. The Labute approximate surface area is 391 Å². The van der Waals surface area contributed by atoms with Gasteiger partial charge in [0.2, 0.25) is 5.91 Å². The molecule has 2 rings (SSSR count). The fraction of sp³-hybridized carbons (Fsp3) is 0.804. The summed E-state index contributed by atoms with van der Waals surface area (Å²) in [4.78, 5) is 51.5. The van der Waals surface area contributed by atoms with Crippen molar-refractivity contribution in [2.75, 3.05) is 13.6 Å². The number of carbonyl (C=O) groups excluding carboxylic acids is 3. The van der Waals surface area contributed by atoms with E-state index in [0.717, 1.165) is 25.7 Å². The van der Waals surface area contributed by atoms with Gasteiger partial charge in [-0.3, -0.25) is 19.2 Å². The minimum atomic E-state index is -1.40. The molecule has 1 fully saturated rings. The molecule has 0 bridgehead atoms. The molecular formula is C51H89N3O9S. The van der Waals surface area contributed by atoms with E-state index >= 15 is 0 Å². The van der Waals surface area contributed by atoms with Crippen LogP contribution in [0.25, 0.3) is 0 Å². The molecule has 0 spiro atoms. The van der Waals surface area contributed by atoms with E-state index < -0.39 is 53.7 Å². The number of amides is 3. The van der Waals surface area contributed by atoms with Gasteiger partial charge in [0.25, 0.3) is 11.8 Å². The number of ether oxygens (including phenoxy) is 1. The predicted octanol–water partition coefficient (Wildman–Crippen LogP) is 9.98. The lowest BCUT2D eigenvalue weighted by Gasteiger charge is -2.39. The van der Waals surface area contributed by atoms with Gasteiger partial charge in [0, 0.05) is 36.9 Å². The van der Waals surface area contributed by atoms with Gasteiger partial charge in [0.05, 0.1) is 6.10 Å². The first kappa shape index (κ1) is 57.4. The largest absolute Gasteiger partial charge is 0.481 e. The molecule has 1 aliphatic rings. The number of hydrogen-bond acceptors (Lipinski definition) is 9. The number of hydrogen-bond donors (Lipinski definition) is 7. The van der Waals surface area contributed by atoms with Crippen molar-refractivity contribution in [1.82, 2.24) is 16.0 Å². The molecule has 1 aromatic rings. The van der Waals surface area contributed by atoms with Crippen molar-refractivity contribution < 1.29 is 44.3 Å². The number of rotatable bonds is 38. The molecule has 6 atom stereocenters. The second-order valence-corrected chi connectivity index (χ2v) is 19.5. The zero-order valence-electron chi connectivity index (χ0n) is 40.2. The SMILES string of the molecule is CCCCCCCCCCCCCCC(CCCCCCCCCCCCCC)CNC(=O)c1cc(CSC2OC(C)C(O)C(O)C2O)cc(C(=O)NC(CCC(=O)O)C(=O)NC)c1.